The topological polar surface area (TPSA) is 50.8 Å². The van der Waals surface area contributed by atoms with E-state index in [1.807, 2.05) is 48.3 Å². The average Bonchev–Trinajstić information content (AvgIpc) is 2.61. The molecule has 25 heavy (non-hydrogen) atoms. The average molecular weight is 363 g/mol. The number of carbonyl (C=O) groups excluding carboxylic acids is 1. The van der Waals surface area contributed by atoms with Gasteiger partial charge in [-0.15, -0.1) is 0 Å². The molecule has 2 rings (SSSR count). The van der Waals surface area contributed by atoms with Gasteiger partial charge in [-0.2, -0.15) is 0 Å². The zero-order chi connectivity index (χ0) is 18.1. The van der Waals surface area contributed by atoms with Crippen molar-refractivity contribution in [2.75, 3.05) is 39.2 Å². The minimum Gasteiger partial charge on any atom is -0.497 e. The zero-order valence-corrected chi connectivity index (χ0v) is 15.3. The number of para-hydroxylation sites is 1. The van der Waals surface area contributed by atoms with Gasteiger partial charge in [-0.25, -0.2) is 0 Å². The van der Waals surface area contributed by atoms with E-state index in [-0.39, 0.29) is 5.91 Å². The molecule has 0 fully saturated rings. The smallest absolute Gasteiger partial charge is 0.238 e. The van der Waals surface area contributed by atoms with Crippen molar-refractivity contribution < 1.29 is 14.3 Å². The number of nitrogens with one attached hydrogen (secondary N) is 1. The van der Waals surface area contributed by atoms with E-state index in [9.17, 15) is 4.79 Å². The number of ether oxygens (including phenoxy) is 2. The lowest BCUT2D eigenvalue weighted by atomic mass is 10.3. The van der Waals surface area contributed by atoms with E-state index in [1.165, 1.54) is 0 Å². The van der Waals surface area contributed by atoms with E-state index >= 15 is 0 Å². The van der Waals surface area contributed by atoms with Crippen molar-refractivity contribution in [3.8, 4) is 11.5 Å². The molecule has 0 unspecified atom stereocenters. The van der Waals surface area contributed by atoms with Gasteiger partial charge in [0.05, 0.1) is 31.0 Å². The number of hydrogen-bond acceptors (Lipinski definition) is 4. The molecule has 0 aromatic heterocycles. The predicted molar refractivity (Wildman–Crippen MR) is 101 cm³/mol. The lowest BCUT2D eigenvalue weighted by molar-refractivity contribution is -0.117. The minimum absolute atomic E-state index is 0.0910. The number of hydrogen-bond donors (Lipinski definition) is 1. The van der Waals surface area contributed by atoms with Gasteiger partial charge >= 0.3 is 0 Å². The third kappa shape index (κ3) is 6.64. The molecule has 0 saturated heterocycles. The summed E-state index contributed by atoms with van der Waals surface area (Å²) < 4.78 is 10.8. The monoisotopic (exact) mass is 362 g/mol. The lowest BCUT2D eigenvalue weighted by Gasteiger charge is -2.16. The van der Waals surface area contributed by atoms with Crippen LogP contribution in [0.3, 0.4) is 0 Å². The summed E-state index contributed by atoms with van der Waals surface area (Å²) >= 11 is 6.03. The van der Waals surface area contributed by atoms with Gasteiger partial charge in [-0.3, -0.25) is 9.69 Å². The first-order chi connectivity index (χ1) is 12.1. The van der Waals surface area contributed by atoms with Crippen molar-refractivity contribution >= 4 is 23.2 Å². The fraction of sp³-hybridized carbons (Fsp3) is 0.316. The maximum absolute atomic E-state index is 12.0. The Morgan fingerprint density at radius 1 is 1.12 bits per heavy atom. The molecule has 1 N–H and O–H groups in total. The number of halogens is 1. The molecular formula is C19H23ClN2O3. The molecule has 0 spiro atoms. The summed E-state index contributed by atoms with van der Waals surface area (Å²) in [5, 5.41) is 3.35. The molecule has 1 amide bonds. The maximum atomic E-state index is 12.0. The fourth-order valence-electron chi connectivity index (χ4n) is 2.27. The molecule has 2 aromatic rings. The van der Waals surface area contributed by atoms with Crippen molar-refractivity contribution in [2.24, 2.45) is 0 Å². The Morgan fingerprint density at radius 3 is 2.48 bits per heavy atom. The molecule has 0 saturated carbocycles. The summed E-state index contributed by atoms with van der Waals surface area (Å²) in [4.78, 5) is 14.0. The SMILES string of the molecule is COc1ccc(OCCCN(C)CC(=O)Nc2ccccc2Cl)cc1. The van der Waals surface area contributed by atoms with Crippen molar-refractivity contribution in [3.63, 3.8) is 0 Å². The summed E-state index contributed by atoms with van der Waals surface area (Å²) in [5.74, 6) is 1.52. The van der Waals surface area contributed by atoms with Crippen molar-refractivity contribution in [1.82, 2.24) is 4.90 Å². The zero-order valence-electron chi connectivity index (χ0n) is 14.5. The van der Waals surface area contributed by atoms with Crippen molar-refractivity contribution in [3.05, 3.63) is 53.6 Å². The second-order valence-corrected chi connectivity index (χ2v) is 6.05. The summed E-state index contributed by atoms with van der Waals surface area (Å²) in [6, 6.07) is 14.7. The van der Waals surface area contributed by atoms with E-state index in [2.05, 4.69) is 5.32 Å². The van der Waals surface area contributed by atoms with Crippen LogP contribution in [0.2, 0.25) is 5.02 Å². The lowest BCUT2D eigenvalue weighted by Crippen LogP contribution is -2.31. The van der Waals surface area contributed by atoms with Crippen LogP contribution in [0.5, 0.6) is 11.5 Å². The highest BCUT2D eigenvalue weighted by Crippen LogP contribution is 2.20. The molecule has 5 nitrogen and oxygen atoms in total. The number of likely N-dealkylation sites (N-methyl/N-ethyl adjacent to an activating group) is 1. The van der Waals surface area contributed by atoms with Crippen molar-refractivity contribution in [2.45, 2.75) is 6.42 Å². The van der Waals surface area contributed by atoms with Gasteiger partial charge in [0.25, 0.3) is 0 Å². The summed E-state index contributed by atoms with van der Waals surface area (Å²) in [6.07, 6.45) is 0.821. The first kappa shape index (κ1) is 19.1. The van der Waals surface area contributed by atoms with Crippen LogP contribution in [0, 0.1) is 0 Å². The van der Waals surface area contributed by atoms with Gasteiger partial charge in [0, 0.05) is 6.54 Å². The van der Waals surface area contributed by atoms with Gasteiger partial charge in [-0.1, -0.05) is 23.7 Å². The van der Waals surface area contributed by atoms with Gasteiger partial charge in [0.15, 0.2) is 0 Å². The van der Waals surface area contributed by atoms with E-state index in [4.69, 9.17) is 21.1 Å². The Kier molecular flexibility index (Phi) is 7.57. The highest BCUT2D eigenvalue weighted by molar-refractivity contribution is 6.33. The number of methoxy groups -OCH3 is 1. The highest BCUT2D eigenvalue weighted by Gasteiger charge is 2.08. The standard InChI is InChI=1S/C19H23ClN2O3/c1-22(14-19(23)21-18-7-4-3-6-17(18)20)12-5-13-25-16-10-8-15(24-2)9-11-16/h3-4,6-11H,5,12-14H2,1-2H3,(H,21,23). The molecule has 2 aromatic carbocycles. The van der Waals surface area contributed by atoms with E-state index in [0.717, 1.165) is 24.5 Å². The molecule has 134 valence electrons. The van der Waals surface area contributed by atoms with E-state index in [0.29, 0.717) is 23.9 Å². The number of anilines is 1. The molecule has 0 aliphatic heterocycles. The van der Waals surface area contributed by atoms with Crippen LogP contribution >= 0.6 is 11.6 Å². The predicted octanol–water partition coefficient (Wildman–Crippen LogP) is 3.69. The van der Waals surface area contributed by atoms with Crippen LogP contribution in [0.25, 0.3) is 0 Å². The Hall–Kier alpha value is -2.24. The fourth-order valence-corrected chi connectivity index (χ4v) is 2.46. The Bertz CT molecular complexity index is 677. The number of benzene rings is 2. The molecule has 0 heterocycles. The second kappa shape index (κ2) is 9.91. The third-order valence-electron chi connectivity index (χ3n) is 3.57. The van der Waals surface area contributed by atoms with Gasteiger partial charge in [-0.05, 0) is 49.9 Å². The first-order valence-electron chi connectivity index (χ1n) is 8.08. The Morgan fingerprint density at radius 2 is 1.80 bits per heavy atom. The molecule has 6 heteroatoms. The third-order valence-corrected chi connectivity index (χ3v) is 3.90. The molecule has 0 aliphatic carbocycles. The second-order valence-electron chi connectivity index (χ2n) is 5.64. The largest absolute Gasteiger partial charge is 0.497 e. The molecular weight excluding hydrogens is 340 g/mol. The van der Waals surface area contributed by atoms with Crippen LogP contribution in [0.4, 0.5) is 5.69 Å². The van der Waals surface area contributed by atoms with Crippen LogP contribution in [-0.2, 0) is 4.79 Å². The molecule has 0 atom stereocenters. The molecule has 0 radical (unpaired) electrons. The normalized spacial score (nSPS) is 10.6. The summed E-state index contributed by atoms with van der Waals surface area (Å²) in [7, 11) is 3.53. The summed E-state index contributed by atoms with van der Waals surface area (Å²) in [6.45, 7) is 1.64. The van der Waals surface area contributed by atoms with Crippen LogP contribution in [-0.4, -0.2) is 44.7 Å². The number of nitrogens with zero attached hydrogens (tertiary/aromatic N) is 1. The van der Waals surface area contributed by atoms with Crippen LogP contribution in [0.15, 0.2) is 48.5 Å². The van der Waals surface area contributed by atoms with Gasteiger partial charge in [0.2, 0.25) is 5.91 Å². The summed E-state index contributed by atoms with van der Waals surface area (Å²) in [5.41, 5.74) is 0.630. The number of rotatable bonds is 9. The molecule has 0 bridgehead atoms. The quantitative estimate of drug-likeness (QED) is 0.691. The number of carbonyl (C=O) groups is 1. The maximum Gasteiger partial charge on any atom is 0.238 e. The minimum atomic E-state index is -0.0910. The highest BCUT2D eigenvalue weighted by atomic mass is 35.5. The van der Waals surface area contributed by atoms with Crippen LogP contribution in [0.1, 0.15) is 6.42 Å². The number of amides is 1. The van der Waals surface area contributed by atoms with E-state index in [1.54, 1.807) is 19.2 Å². The van der Waals surface area contributed by atoms with Crippen LogP contribution < -0.4 is 14.8 Å². The van der Waals surface area contributed by atoms with E-state index < -0.39 is 0 Å². The van der Waals surface area contributed by atoms with Crippen molar-refractivity contribution in [1.29, 1.82) is 0 Å². The van der Waals surface area contributed by atoms with Gasteiger partial charge < -0.3 is 14.8 Å². The Labute approximate surface area is 153 Å². The first-order valence-corrected chi connectivity index (χ1v) is 8.46. The Balaban J connectivity index is 1.65. The van der Waals surface area contributed by atoms with Gasteiger partial charge in [0.1, 0.15) is 11.5 Å². The molecule has 0 aliphatic rings.